The minimum absolute atomic E-state index is 0.311. The third kappa shape index (κ3) is 2.57. The molecule has 0 atom stereocenters. The highest BCUT2D eigenvalue weighted by atomic mass is 16.6. The Balaban J connectivity index is 2.22. The van der Waals surface area contributed by atoms with Crippen molar-refractivity contribution < 1.29 is 9.53 Å². The molecule has 4 heteroatoms. The molecule has 1 aromatic heterocycles. The van der Waals surface area contributed by atoms with Crippen molar-refractivity contribution in [2.24, 2.45) is 0 Å². The summed E-state index contributed by atoms with van der Waals surface area (Å²) in [6, 6.07) is 4.00. The number of nitrogens with zero attached hydrogens (tertiary/aromatic N) is 2. The Hall–Kier alpha value is -1.58. The predicted octanol–water partition coefficient (Wildman–Crippen LogP) is 2.69. The summed E-state index contributed by atoms with van der Waals surface area (Å²) in [5.41, 5.74) is 1.56. The van der Waals surface area contributed by atoms with Crippen LogP contribution in [0.4, 0.5) is 10.6 Å². The van der Waals surface area contributed by atoms with Gasteiger partial charge in [-0.3, -0.25) is 4.90 Å². The van der Waals surface area contributed by atoms with Crippen LogP contribution < -0.4 is 4.90 Å². The lowest BCUT2D eigenvalue weighted by Crippen LogP contribution is -2.36. The minimum atomic E-state index is -0.469. The van der Waals surface area contributed by atoms with Gasteiger partial charge in [-0.05, 0) is 45.7 Å². The number of amides is 1. The van der Waals surface area contributed by atoms with Crippen molar-refractivity contribution in [1.29, 1.82) is 0 Å². The number of carbonyl (C=O) groups is 1. The van der Waals surface area contributed by atoms with Crippen LogP contribution in [0.1, 0.15) is 32.0 Å². The average Bonchev–Trinajstić information content (AvgIpc) is 2.57. The standard InChI is InChI=1S/C13H18N2O2/c1-9-5-6-10-7-8-15(11(10)14-9)12(16)17-13(2,3)4/h5-6H,7-8H2,1-4H3. The van der Waals surface area contributed by atoms with Crippen molar-refractivity contribution in [3.8, 4) is 0 Å². The van der Waals surface area contributed by atoms with E-state index in [0.717, 1.165) is 23.5 Å². The summed E-state index contributed by atoms with van der Waals surface area (Å²) in [4.78, 5) is 18.0. The molecular formula is C13H18N2O2. The van der Waals surface area contributed by atoms with Crippen LogP contribution in [0.15, 0.2) is 12.1 Å². The van der Waals surface area contributed by atoms with E-state index in [0.29, 0.717) is 6.54 Å². The molecule has 2 heterocycles. The Kier molecular flexibility index (Phi) is 2.81. The van der Waals surface area contributed by atoms with Crippen molar-refractivity contribution in [2.75, 3.05) is 11.4 Å². The van der Waals surface area contributed by atoms with Crippen LogP contribution in [-0.2, 0) is 11.2 Å². The Morgan fingerprint density at radius 3 is 2.76 bits per heavy atom. The molecule has 0 radical (unpaired) electrons. The number of rotatable bonds is 0. The second-order valence-corrected chi connectivity index (χ2v) is 5.32. The normalized spacial score (nSPS) is 14.7. The first-order chi connectivity index (χ1) is 7.87. The molecule has 0 aromatic carbocycles. The molecule has 92 valence electrons. The first kappa shape index (κ1) is 11.9. The van der Waals surface area contributed by atoms with Gasteiger partial charge in [-0.1, -0.05) is 6.07 Å². The van der Waals surface area contributed by atoms with Gasteiger partial charge in [0.2, 0.25) is 0 Å². The van der Waals surface area contributed by atoms with E-state index < -0.39 is 5.60 Å². The molecule has 0 fully saturated rings. The van der Waals surface area contributed by atoms with Crippen molar-refractivity contribution >= 4 is 11.9 Å². The van der Waals surface area contributed by atoms with Gasteiger partial charge in [0.1, 0.15) is 11.4 Å². The number of hydrogen-bond acceptors (Lipinski definition) is 3. The number of anilines is 1. The molecule has 0 saturated heterocycles. The molecule has 0 bridgehead atoms. The fourth-order valence-electron chi connectivity index (χ4n) is 1.83. The molecule has 0 saturated carbocycles. The van der Waals surface area contributed by atoms with E-state index in [1.165, 1.54) is 0 Å². The lowest BCUT2D eigenvalue weighted by atomic mass is 10.2. The van der Waals surface area contributed by atoms with E-state index in [4.69, 9.17) is 4.74 Å². The van der Waals surface area contributed by atoms with Crippen LogP contribution in [0, 0.1) is 6.92 Å². The van der Waals surface area contributed by atoms with Gasteiger partial charge in [0.05, 0.1) is 0 Å². The van der Waals surface area contributed by atoms with E-state index in [-0.39, 0.29) is 6.09 Å². The smallest absolute Gasteiger partial charge is 0.416 e. The van der Waals surface area contributed by atoms with Crippen LogP contribution >= 0.6 is 0 Å². The highest BCUT2D eigenvalue weighted by molar-refractivity contribution is 5.89. The topological polar surface area (TPSA) is 42.4 Å². The largest absolute Gasteiger partial charge is 0.443 e. The van der Waals surface area contributed by atoms with Crippen molar-refractivity contribution in [3.63, 3.8) is 0 Å². The Morgan fingerprint density at radius 2 is 2.12 bits per heavy atom. The van der Waals surface area contributed by atoms with Gasteiger partial charge in [0.15, 0.2) is 0 Å². The Labute approximate surface area is 102 Å². The van der Waals surface area contributed by atoms with Crippen LogP contribution in [0.2, 0.25) is 0 Å². The fourth-order valence-corrected chi connectivity index (χ4v) is 1.83. The fraction of sp³-hybridized carbons (Fsp3) is 0.538. The van der Waals surface area contributed by atoms with Crippen LogP contribution in [-0.4, -0.2) is 23.2 Å². The maximum atomic E-state index is 12.0. The van der Waals surface area contributed by atoms with E-state index >= 15 is 0 Å². The van der Waals surface area contributed by atoms with Gasteiger partial charge in [0.25, 0.3) is 0 Å². The van der Waals surface area contributed by atoms with E-state index in [9.17, 15) is 4.79 Å². The van der Waals surface area contributed by atoms with Crippen LogP contribution in [0.3, 0.4) is 0 Å². The molecule has 1 aliphatic heterocycles. The minimum Gasteiger partial charge on any atom is -0.443 e. The molecule has 1 aromatic rings. The van der Waals surface area contributed by atoms with Crippen LogP contribution in [0.5, 0.6) is 0 Å². The average molecular weight is 234 g/mol. The molecule has 1 amide bonds. The zero-order chi connectivity index (χ0) is 12.6. The van der Waals surface area contributed by atoms with Gasteiger partial charge < -0.3 is 4.74 Å². The Morgan fingerprint density at radius 1 is 1.41 bits per heavy atom. The molecule has 4 nitrogen and oxygen atoms in total. The molecule has 1 aliphatic rings. The molecule has 0 spiro atoms. The maximum Gasteiger partial charge on any atom is 0.416 e. The number of carbonyl (C=O) groups excluding carboxylic acids is 1. The van der Waals surface area contributed by atoms with Crippen molar-refractivity contribution in [1.82, 2.24) is 4.98 Å². The molecular weight excluding hydrogens is 216 g/mol. The quantitative estimate of drug-likeness (QED) is 0.693. The third-order valence-corrected chi connectivity index (χ3v) is 2.57. The van der Waals surface area contributed by atoms with Gasteiger partial charge in [-0.2, -0.15) is 0 Å². The number of ether oxygens (including phenoxy) is 1. The van der Waals surface area contributed by atoms with Gasteiger partial charge in [-0.15, -0.1) is 0 Å². The van der Waals surface area contributed by atoms with Crippen molar-refractivity contribution in [2.45, 2.75) is 39.7 Å². The zero-order valence-electron chi connectivity index (χ0n) is 10.8. The summed E-state index contributed by atoms with van der Waals surface area (Å²) in [5.74, 6) is 0.749. The lowest BCUT2D eigenvalue weighted by molar-refractivity contribution is 0.0583. The maximum absolute atomic E-state index is 12.0. The molecule has 2 rings (SSSR count). The lowest BCUT2D eigenvalue weighted by Gasteiger charge is -2.24. The number of pyridine rings is 1. The van der Waals surface area contributed by atoms with Gasteiger partial charge in [-0.25, -0.2) is 9.78 Å². The first-order valence-electron chi connectivity index (χ1n) is 5.84. The summed E-state index contributed by atoms with van der Waals surface area (Å²) in [6.07, 6.45) is 0.538. The molecule has 17 heavy (non-hydrogen) atoms. The monoisotopic (exact) mass is 234 g/mol. The highest BCUT2D eigenvalue weighted by Crippen LogP contribution is 2.27. The third-order valence-electron chi connectivity index (χ3n) is 2.57. The van der Waals surface area contributed by atoms with E-state index in [2.05, 4.69) is 4.98 Å². The van der Waals surface area contributed by atoms with E-state index in [1.807, 2.05) is 39.8 Å². The van der Waals surface area contributed by atoms with Gasteiger partial charge >= 0.3 is 6.09 Å². The van der Waals surface area contributed by atoms with Crippen LogP contribution in [0.25, 0.3) is 0 Å². The van der Waals surface area contributed by atoms with E-state index in [1.54, 1.807) is 4.90 Å². The van der Waals surface area contributed by atoms with Crippen molar-refractivity contribution in [3.05, 3.63) is 23.4 Å². The second-order valence-electron chi connectivity index (χ2n) is 5.32. The number of aryl methyl sites for hydroxylation is 1. The Bertz CT molecular complexity index is 449. The SMILES string of the molecule is Cc1ccc2c(n1)N(C(=O)OC(C)(C)C)CC2. The van der Waals surface area contributed by atoms with Gasteiger partial charge in [0, 0.05) is 12.2 Å². The highest BCUT2D eigenvalue weighted by Gasteiger charge is 2.29. The summed E-state index contributed by atoms with van der Waals surface area (Å²) < 4.78 is 5.37. The second kappa shape index (κ2) is 4.02. The first-order valence-corrected chi connectivity index (χ1v) is 5.84. The zero-order valence-corrected chi connectivity index (χ0v) is 10.8. The summed E-state index contributed by atoms with van der Waals surface area (Å²) in [7, 11) is 0. The summed E-state index contributed by atoms with van der Waals surface area (Å²) in [5, 5.41) is 0. The molecule has 0 aliphatic carbocycles. The molecule has 0 N–H and O–H groups in total. The predicted molar refractivity (Wildman–Crippen MR) is 66.3 cm³/mol. The summed E-state index contributed by atoms with van der Waals surface area (Å²) >= 11 is 0. The number of aromatic nitrogens is 1. The molecule has 0 unspecified atom stereocenters. The summed E-state index contributed by atoms with van der Waals surface area (Å²) in [6.45, 7) is 8.18. The number of hydrogen-bond donors (Lipinski definition) is 0. The number of fused-ring (bicyclic) bond motifs is 1.